The molecule has 3 heteroatoms. The van der Waals surface area contributed by atoms with E-state index >= 15 is 0 Å². The van der Waals surface area contributed by atoms with Crippen molar-refractivity contribution in [2.45, 2.75) is 6.42 Å². The number of para-hydroxylation sites is 2. The van der Waals surface area contributed by atoms with Crippen LogP contribution in [0.5, 0.6) is 0 Å². The average Bonchev–Trinajstić information content (AvgIpc) is 2.62. The van der Waals surface area contributed by atoms with Crippen LogP contribution in [0.15, 0.2) is 72.9 Å². The fourth-order valence-corrected chi connectivity index (χ4v) is 2.90. The zero-order valence-corrected chi connectivity index (χ0v) is 12.4. The van der Waals surface area contributed by atoms with E-state index in [2.05, 4.69) is 4.98 Å². The van der Waals surface area contributed by atoms with Gasteiger partial charge in [-0.2, -0.15) is 0 Å². The number of pyridine rings is 2. The molecule has 0 spiro atoms. The minimum atomic E-state index is 0.0205. The number of hydrogen-bond donors (Lipinski definition) is 0. The molecule has 0 unspecified atom stereocenters. The lowest BCUT2D eigenvalue weighted by molar-refractivity contribution is 0.0989. The van der Waals surface area contributed by atoms with Gasteiger partial charge >= 0.3 is 0 Å². The number of nitrogens with zero attached hydrogens (tertiary/aromatic N) is 2. The molecule has 0 saturated heterocycles. The highest BCUT2D eigenvalue weighted by Gasteiger charge is 2.14. The Morgan fingerprint density at radius 3 is 2.00 bits per heavy atom. The average molecular weight is 298 g/mol. The van der Waals surface area contributed by atoms with E-state index in [1.54, 1.807) is 12.3 Å². The Labute approximate surface area is 133 Å². The van der Waals surface area contributed by atoms with Crippen LogP contribution in [0, 0.1) is 0 Å². The zero-order valence-electron chi connectivity index (χ0n) is 12.4. The number of carbonyl (C=O) groups excluding carboxylic acids is 1. The lowest BCUT2D eigenvalue weighted by Crippen LogP contribution is -2.07. The van der Waals surface area contributed by atoms with E-state index in [9.17, 15) is 4.79 Å². The summed E-state index contributed by atoms with van der Waals surface area (Å²) in [5, 5.41) is 2.05. The molecule has 0 radical (unpaired) electrons. The van der Waals surface area contributed by atoms with Crippen LogP contribution in [0.1, 0.15) is 16.1 Å². The molecule has 2 aromatic carbocycles. The second kappa shape index (κ2) is 5.61. The van der Waals surface area contributed by atoms with E-state index in [0.717, 1.165) is 27.4 Å². The molecule has 0 fully saturated rings. The predicted octanol–water partition coefficient (Wildman–Crippen LogP) is 4.21. The van der Waals surface area contributed by atoms with E-state index in [4.69, 9.17) is 4.98 Å². The second-order valence-corrected chi connectivity index (χ2v) is 5.44. The SMILES string of the molecule is O=C(Cc1c2ccccc2nc2ccccc12)c1ccccn1. The van der Waals surface area contributed by atoms with Crippen molar-refractivity contribution in [2.24, 2.45) is 0 Å². The fourth-order valence-electron chi connectivity index (χ4n) is 2.90. The van der Waals surface area contributed by atoms with E-state index in [0.29, 0.717) is 12.1 Å². The van der Waals surface area contributed by atoms with Gasteiger partial charge in [-0.1, -0.05) is 42.5 Å². The van der Waals surface area contributed by atoms with Gasteiger partial charge in [-0.15, -0.1) is 0 Å². The maximum absolute atomic E-state index is 12.6. The van der Waals surface area contributed by atoms with Crippen molar-refractivity contribution in [3.8, 4) is 0 Å². The molecule has 2 aromatic heterocycles. The molecule has 0 atom stereocenters. The van der Waals surface area contributed by atoms with E-state index < -0.39 is 0 Å². The first-order chi connectivity index (χ1) is 11.3. The van der Waals surface area contributed by atoms with Crippen LogP contribution < -0.4 is 0 Å². The molecule has 0 N–H and O–H groups in total. The summed E-state index contributed by atoms with van der Waals surface area (Å²) in [5.74, 6) is 0.0205. The summed E-state index contributed by atoms with van der Waals surface area (Å²) in [6, 6.07) is 21.3. The highest BCUT2D eigenvalue weighted by Crippen LogP contribution is 2.26. The molecule has 4 rings (SSSR count). The molecule has 0 aliphatic rings. The zero-order chi connectivity index (χ0) is 15.6. The van der Waals surface area contributed by atoms with Crippen LogP contribution in [-0.4, -0.2) is 15.8 Å². The summed E-state index contributed by atoms with van der Waals surface area (Å²) in [4.78, 5) is 21.5. The summed E-state index contributed by atoms with van der Waals surface area (Å²) >= 11 is 0. The maximum Gasteiger partial charge on any atom is 0.185 e. The van der Waals surface area contributed by atoms with Crippen LogP contribution in [-0.2, 0) is 6.42 Å². The third kappa shape index (κ3) is 2.46. The Bertz CT molecular complexity index is 956. The minimum absolute atomic E-state index is 0.0205. The molecule has 0 aliphatic carbocycles. The molecule has 110 valence electrons. The molecule has 3 nitrogen and oxygen atoms in total. The third-order valence-corrected chi connectivity index (χ3v) is 3.99. The monoisotopic (exact) mass is 298 g/mol. The largest absolute Gasteiger partial charge is 0.292 e. The molecule has 4 aromatic rings. The van der Waals surface area contributed by atoms with Gasteiger partial charge < -0.3 is 0 Å². The first-order valence-electron chi connectivity index (χ1n) is 7.53. The van der Waals surface area contributed by atoms with E-state index in [-0.39, 0.29) is 5.78 Å². The van der Waals surface area contributed by atoms with Crippen molar-refractivity contribution in [3.63, 3.8) is 0 Å². The van der Waals surface area contributed by atoms with Gasteiger partial charge in [0.25, 0.3) is 0 Å². The van der Waals surface area contributed by atoms with Gasteiger partial charge in [0.2, 0.25) is 0 Å². The highest BCUT2D eigenvalue weighted by atomic mass is 16.1. The number of carbonyl (C=O) groups is 1. The van der Waals surface area contributed by atoms with Crippen molar-refractivity contribution < 1.29 is 4.79 Å². The Morgan fingerprint density at radius 2 is 1.39 bits per heavy atom. The molecular weight excluding hydrogens is 284 g/mol. The smallest absolute Gasteiger partial charge is 0.185 e. The molecule has 0 bridgehead atoms. The van der Waals surface area contributed by atoms with Gasteiger partial charge in [-0.25, -0.2) is 4.98 Å². The number of benzene rings is 2. The van der Waals surface area contributed by atoms with Gasteiger partial charge in [0, 0.05) is 23.4 Å². The quantitative estimate of drug-likeness (QED) is 0.420. The minimum Gasteiger partial charge on any atom is -0.292 e. The normalized spacial score (nSPS) is 11.0. The van der Waals surface area contributed by atoms with Crippen LogP contribution in [0.4, 0.5) is 0 Å². The van der Waals surface area contributed by atoms with Gasteiger partial charge in [0.05, 0.1) is 11.0 Å². The molecule has 0 amide bonds. The summed E-state index contributed by atoms with van der Waals surface area (Å²) < 4.78 is 0. The van der Waals surface area contributed by atoms with Gasteiger partial charge in [0.15, 0.2) is 5.78 Å². The summed E-state index contributed by atoms with van der Waals surface area (Å²) in [5.41, 5.74) is 3.34. The summed E-state index contributed by atoms with van der Waals surface area (Å²) in [7, 11) is 0. The van der Waals surface area contributed by atoms with Gasteiger partial charge in [-0.05, 0) is 29.8 Å². The number of fused-ring (bicyclic) bond motifs is 2. The third-order valence-electron chi connectivity index (χ3n) is 3.99. The lowest BCUT2D eigenvalue weighted by atomic mass is 9.97. The van der Waals surface area contributed by atoms with Gasteiger partial charge in [0.1, 0.15) is 5.69 Å². The lowest BCUT2D eigenvalue weighted by Gasteiger charge is -2.10. The fraction of sp³-hybridized carbons (Fsp3) is 0.0500. The first-order valence-corrected chi connectivity index (χ1v) is 7.53. The van der Waals surface area contributed by atoms with Crippen molar-refractivity contribution >= 4 is 27.6 Å². The predicted molar refractivity (Wildman–Crippen MR) is 91.5 cm³/mol. The van der Waals surface area contributed by atoms with Crippen molar-refractivity contribution in [3.05, 3.63) is 84.2 Å². The molecular formula is C20H14N2O. The summed E-state index contributed by atoms with van der Waals surface area (Å²) in [6.07, 6.45) is 1.97. The van der Waals surface area contributed by atoms with Crippen molar-refractivity contribution in [1.82, 2.24) is 9.97 Å². The number of hydrogen-bond acceptors (Lipinski definition) is 3. The summed E-state index contributed by atoms with van der Waals surface area (Å²) in [6.45, 7) is 0. The highest BCUT2D eigenvalue weighted by molar-refractivity contribution is 6.04. The van der Waals surface area contributed by atoms with Crippen LogP contribution >= 0.6 is 0 Å². The van der Waals surface area contributed by atoms with Crippen LogP contribution in [0.25, 0.3) is 21.8 Å². The Hall–Kier alpha value is -3.07. The Balaban J connectivity index is 1.91. The van der Waals surface area contributed by atoms with E-state index in [1.165, 1.54) is 0 Å². The van der Waals surface area contributed by atoms with E-state index in [1.807, 2.05) is 60.7 Å². The van der Waals surface area contributed by atoms with Crippen molar-refractivity contribution in [1.29, 1.82) is 0 Å². The number of rotatable bonds is 3. The number of Topliss-reactive ketones (excluding diaryl/α,β-unsaturated/α-hetero) is 1. The molecule has 23 heavy (non-hydrogen) atoms. The Morgan fingerprint density at radius 1 is 0.783 bits per heavy atom. The van der Waals surface area contributed by atoms with Crippen molar-refractivity contribution in [2.75, 3.05) is 0 Å². The molecule has 0 aliphatic heterocycles. The second-order valence-electron chi connectivity index (χ2n) is 5.44. The molecule has 2 heterocycles. The number of aromatic nitrogens is 2. The van der Waals surface area contributed by atoms with Crippen LogP contribution in [0.2, 0.25) is 0 Å². The molecule has 0 saturated carbocycles. The standard InChI is InChI=1S/C20H14N2O/c23-20(19-11-5-6-12-21-19)13-16-14-7-1-3-9-17(14)22-18-10-4-2-8-15(16)18/h1-12H,13H2. The number of ketones is 1. The first kappa shape index (κ1) is 13.6. The topological polar surface area (TPSA) is 42.9 Å². The Kier molecular flexibility index (Phi) is 3.31. The maximum atomic E-state index is 12.6. The van der Waals surface area contributed by atoms with Crippen LogP contribution in [0.3, 0.4) is 0 Å². The van der Waals surface area contributed by atoms with Gasteiger partial charge in [-0.3, -0.25) is 9.78 Å².